The minimum Gasteiger partial charge on any atom is -0.378 e. The first-order valence-electron chi connectivity index (χ1n) is 15.0. The molecule has 5 nitrogen and oxygen atoms in total. The number of anilines is 1. The summed E-state index contributed by atoms with van der Waals surface area (Å²) >= 11 is 0. The highest BCUT2D eigenvalue weighted by atomic mass is 16.3. The lowest BCUT2D eigenvalue weighted by Gasteiger charge is -2.53. The normalized spacial score (nSPS) is 30.3. The van der Waals surface area contributed by atoms with Crippen molar-refractivity contribution in [2.24, 2.45) is 17.3 Å². The smallest absolute Gasteiger partial charge is 0.251 e. The first-order chi connectivity index (χ1) is 19.6. The molecule has 4 aliphatic carbocycles. The molecule has 5 heteroatoms. The molecule has 0 aromatic heterocycles. The van der Waals surface area contributed by atoms with Gasteiger partial charge in [0.15, 0.2) is 5.78 Å². The Balaban J connectivity index is 1.41. The number of nitrogens with zero attached hydrogens (tertiary/aromatic N) is 1. The van der Waals surface area contributed by atoms with E-state index in [4.69, 9.17) is 0 Å². The van der Waals surface area contributed by atoms with Crippen molar-refractivity contribution < 1.29 is 14.7 Å². The van der Waals surface area contributed by atoms with Crippen molar-refractivity contribution in [3.8, 4) is 11.8 Å². The number of carbonyl (C=O) groups excluding carboxylic acids is 2. The van der Waals surface area contributed by atoms with E-state index in [9.17, 15) is 14.7 Å². The molecule has 0 heterocycles. The maximum absolute atomic E-state index is 12.3. The molecule has 6 rings (SSSR count). The van der Waals surface area contributed by atoms with Gasteiger partial charge in [0.25, 0.3) is 5.91 Å². The van der Waals surface area contributed by atoms with Gasteiger partial charge in [-0.1, -0.05) is 36.5 Å². The third kappa shape index (κ3) is 4.63. The fraction of sp³-hybridized carbons (Fsp3) is 0.444. The average Bonchev–Trinajstić information content (AvgIpc) is 3.25. The van der Waals surface area contributed by atoms with Crippen LogP contribution in [-0.2, 0) is 4.79 Å². The van der Waals surface area contributed by atoms with Crippen LogP contribution in [0, 0.1) is 29.1 Å². The Labute approximate surface area is 243 Å². The number of aliphatic hydroxyl groups is 1. The second kappa shape index (κ2) is 10.3. The number of fused-ring (bicyclic) bond motifs is 4. The standard InChI is InChI=1S/C36H40N2O3/c1-35-22-31(24-9-12-27(13-10-24)38(3)4)33-29-16-14-28(39)21-26(29)11-15-30(33)32(35)18-20-36(35,41)19-17-23-5-7-25(8-6-23)34(40)37-2/h5-10,12-13,21,30-32,41H,11,14-16,18,20,22H2,1-4H3,(H,37,40)/t30-,31+,32-,35-,36-/m0/s1. The molecular formula is C36H40N2O3. The molecule has 0 aliphatic heterocycles. The quantitative estimate of drug-likeness (QED) is 0.476. The van der Waals surface area contributed by atoms with Crippen LogP contribution in [0.5, 0.6) is 0 Å². The van der Waals surface area contributed by atoms with Crippen molar-refractivity contribution in [1.29, 1.82) is 0 Å². The molecule has 2 fully saturated rings. The molecule has 5 atom stereocenters. The topological polar surface area (TPSA) is 69.6 Å². The summed E-state index contributed by atoms with van der Waals surface area (Å²) in [5, 5.41) is 15.0. The van der Waals surface area contributed by atoms with Gasteiger partial charge >= 0.3 is 0 Å². The predicted octanol–water partition coefficient (Wildman–Crippen LogP) is 5.79. The Hall–Kier alpha value is -3.62. The monoisotopic (exact) mass is 548 g/mol. The van der Waals surface area contributed by atoms with Gasteiger partial charge < -0.3 is 15.3 Å². The van der Waals surface area contributed by atoms with Gasteiger partial charge in [0.05, 0.1) is 0 Å². The number of rotatable bonds is 3. The highest BCUT2D eigenvalue weighted by Gasteiger charge is 2.62. The molecule has 2 N–H and O–H groups in total. The van der Waals surface area contributed by atoms with Crippen molar-refractivity contribution in [2.45, 2.75) is 63.4 Å². The summed E-state index contributed by atoms with van der Waals surface area (Å²) in [6.45, 7) is 2.27. The average molecular weight is 549 g/mol. The highest BCUT2D eigenvalue weighted by molar-refractivity contribution is 5.94. The molecule has 2 aromatic rings. The molecule has 0 bridgehead atoms. The Morgan fingerprint density at radius 1 is 1.02 bits per heavy atom. The van der Waals surface area contributed by atoms with Crippen molar-refractivity contribution in [2.75, 3.05) is 26.0 Å². The number of nitrogens with one attached hydrogen (secondary N) is 1. The second-order valence-electron chi connectivity index (χ2n) is 12.8. The Bertz CT molecular complexity index is 1500. The predicted molar refractivity (Wildman–Crippen MR) is 163 cm³/mol. The number of benzene rings is 2. The Kier molecular flexibility index (Phi) is 6.94. The molecule has 1 amide bonds. The van der Waals surface area contributed by atoms with E-state index in [1.165, 1.54) is 28.0 Å². The summed E-state index contributed by atoms with van der Waals surface area (Å²) in [5.74, 6) is 7.67. The van der Waals surface area contributed by atoms with Crippen LogP contribution in [0.3, 0.4) is 0 Å². The molecular weight excluding hydrogens is 508 g/mol. The molecule has 212 valence electrons. The number of amides is 1. The van der Waals surface area contributed by atoms with E-state index in [1.54, 1.807) is 19.2 Å². The van der Waals surface area contributed by atoms with Gasteiger partial charge in [-0.2, -0.15) is 0 Å². The number of ketones is 1. The fourth-order valence-electron chi connectivity index (χ4n) is 8.20. The van der Waals surface area contributed by atoms with E-state index >= 15 is 0 Å². The largest absolute Gasteiger partial charge is 0.378 e. The summed E-state index contributed by atoms with van der Waals surface area (Å²) in [6.07, 6.45) is 7.74. The molecule has 0 radical (unpaired) electrons. The molecule has 2 saturated carbocycles. The third-order valence-electron chi connectivity index (χ3n) is 10.5. The van der Waals surface area contributed by atoms with E-state index < -0.39 is 5.60 Å². The summed E-state index contributed by atoms with van der Waals surface area (Å²) in [4.78, 5) is 26.4. The van der Waals surface area contributed by atoms with E-state index in [1.807, 2.05) is 18.2 Å². The van der Waals surface area contributed by atoms with Crippen molar-refractivity contribution in [1.82, 2.24) is 5.32 Å². The van der Waals surface area contributed by atoms with Crippen molar-refractivity contribution in [3.05, 3.63) is 88.0 Å². The first-order valence-corrected chi connectivity index (χ1v) is 15.0. The molecule has 4 aliphatic rings. The minimum atomic E-state index is -1.10. The maximum Gasteiger partial charge on any atom is 0.251 e. The molecule has 0 spiro atoms. The van der Waals surface area contributed by atoms with Gasteiger partial charge in [-0.3, -0.25) is 9.59 Å². The highest BCUT2D eigenvalue weighted by Crippen LogP contribution is 2.66. The second-order valence-corrected chi connectivity index (χ2v) is 12.8. The zero-order valence-electron chi connectivity index (χ0n) is 24.6. The van der Waals surface area contributed by atoms with Gasteiger partial charge in [-0.15, -0.1) is 0 Å². The van der Waals surface area contributed by atoms with Crippen molar-refractivity contribution >= 4 is 17.4 Å². The number of hydrogen-bond donors (Lipinski definition) is 2. The summed E-state index contributed by atoms with van der Waals surface area (Å²) in [6, 6.07) is 16.2. The van der Waals surface area contributed by atoms with E-state index in [0.717, 1.165) is 37.7 Å². The first kappa shape index (κ1) is 27.5. The summed E-state index contributed by atoms with van der Waals surface area (Å²) < 4.78 is 0. The number of carbonyl (C=O) groups is 2. The molecule has 41 heavy (non-hydrogen) atoms. The number of allylic oxidation sites excluding steroid dienone is 4. The minimum absolute atomic E-state index is 0.126. The fourth-order valence-corrected chi connectivity index (χ4v) is 8.20. The maximum atomic E-state index is 12.3. The van der Waals surface area contributed by atoms with Crippen LogP contribution in [0.1, 0.15) is 79.3 Å². The van der Waals surface area contributed by atoms with E-state index in [2.05, 4.69) is 67.3 Å². The van der Waals surface area contributed by atoms with Gasteiger partial charge in [0.2, 0.25) is 0 Å². The zero-order chi connectivity index (χ0) is 28.9. The number of hydrogen-bond acceptors (Lipinski definition) is 4. The van der Waals surface area contributed by atoms with Crippen LogP contribution in [0.25, 0.3) is 0 Å². The Morgan fingerprint density at radius 3 is 2.44 bits per heavy atom. The van der Waals surface area contributed by atoms with Crippen LogP contribution in [0.2, 0.25) is 0 Å². The lowest BCUT2D eigenvalue weighted by atomic mass is 9.51. The molecule has 0 saturated heterocycles. The summed E-state index contributed by atoms with van der Waals surface area (Å²) in [7, 11) is 5.74. The summed E-state index contributed by atoms with van der Waals surface area (Å²) in [5.41, 5.74) is 6.57. The third-order valence-corrected chi connectivity index (χ3v) is 10.5. The SMILES string of the molecule is CNC(=O)c1ccc(C#C[C@]2(O)CC[C@H]3[C@@H]4CCC5=CC(=O)CCC5=C4[C@@H](c4ccc(N(C)C)cc4)C[C@@]32C)cc1. The molecule has 2 aromatic carbocycles. The van der Waals surface area contributed by atoms with Crippen LogP contribution in [0.15, 0.2) is 71.3 Å². The van der Waals surface area contributed by atoms with Gasteiger partial charge in [-0.05, 0) is 110 Å². The Morgan fingerprint density at radius 2 is 1.76 bits per heavy atom. The molecule has 0 unspecified atom stereocenters. The van der Waals surface area contributed by atoms with Gasteiger partial charge in [0.1, 0.15) is 5.60 Å². The zero-order valence-corrected chi connectivity index (χ0v) is 24.6. The van der Waals surface area contributed by atoms with Crippen LogP contribution < -0.4 is 10.2 Å². The van der Waals surface area contributed by atoms with E-state index in [0.29, 0.717) is 30.2 Å². The lowest BCUT2D eigenvalue weighted by Crippen LogP contribution is -2.51. The van der Waals surface area contributed by atoms with Crippen LogP contribution in [-0.4, -0.2) is 43.5 Å². The van der Waals surface area contributed by atoms with Gasteiger partial charge in [0, 0.05) is 55.7 Å². The van der Waals surface area contributed by atoms with Crippen LogP contribution >= 0.6 is 0 Å². The van der Waals surface area contributed by atoms with Crippen LogP contribution in [0.4, 0.5) is 5.69 Å². The van der Waals surface area contributed by atoms with Gasteiger partial charge in [-0.25, -0.2) is 0 Å². The lowest BCUT2D eigenvalue weighted by molar-refractivity contribution is -0.114. The van der Waals surface area contributed by atoms with E-state index in [-0.39, 0.29) is 23.0 Å². The van der Waals surface area contributed by atoms with Crippen molar-refractivity contribution in [3.63, 3.8) is 0 Å².